The molecular formula is C13H18ClF2N3O3S. The van der Waals surface area contributed by atoms with Gasteiger partial charge in [-0.3, -0.25) is 13.7 Å². The SMILES string of the molecule is NS(=O)(=O)c1cnc(OC2CCN(CC(CF)CF)C2)c(Cl)c1. The summed E-state index contributed by atoms with van der Waals surface area (Å²) in [6.45, 7) is 0.111. The minimum Gasteiger partial charge on any atom is -0.472 e. The molecule has 0 spiro atoms. The summed E-state index contributed by atoms with van der Waals surface area (Å²) in [6.07, 6.45) is 1.52. The molecule has 6 nitrogen and oxygen atoms in total. The van der Waals surface area contributed by atoms with Crippen molar-refractivity contribution in [1.29, 1.82) is 0 Å². The van der Waals surface area contributed by atoms with Crippen LogP contribution in [0.25, 0.3) is 0 Å². The van der Waals surface area contributed by atoms with Crippen LogP contribution in [0.2, 0.25) is 5.02 Å². The largest absolute Gasteiger partial charge is 0.472 e. The van der Waals surface area contributed by atoms with Crippen molar-refractivity contribution in [2.24, 2.45) is 11.1 Å². The molecule has 0 aliphatic carbocycles. The average molecular weight is 370 g/mol. The van der Waals surface area contributed by atoms with Gasteiger partial charge in [0, 0.05) is 25.6 Å². The molecule has 1 saturated heterocycles. The number of nitrogens with two attached hydrogens (primary N) is 1. The lowest BCUT2D eigenvalue weighted by atomic mass is 10.2. The molecule has 0 aromatic carbocycles. The van der Waals surface area contributed by atoms with Crippen molar-refractivity contribution >= 4 is 21.6 Å². The third kappa shape index (κ3) is 4.97. The molecule has 2 rings (SSSR count). The van der Waals surface area contributed by atoms with Crippen LogP contribution in [-0.4, -0.2) is 57.4 Å². The third-order valence-electron chi connectivity index (χ3n) is 3.57. The van der Waals surface area contributed by atoms with Crippen molar-refractivity contribution in [2.45, 2.75) is 17.4 Å². The van der Waals surface area contributed by atoms with E-state index in [2.05, 4.69) is 4.98 Å². The molecule has 1 aliphatic heterocycles. The average Bonchev–Trinajstić information content (AvgIpc) is 2.93. The molecular weight excluding hydrogens is 352 g/mol. The van der Waals surface area contributed by atoms with Crippen molar-refractivity contribution in [1.82, 2.24) is 9.88 Å². The Bertz CT molecular complexity index is 643. The van der Waals surface area contributed by atoms with Gasteiger partial charge in [-0.15, -0.1) is 0 Å². The minimum absolute atomic E-state index is 0.0420. The summed E-state index contributed by atoms with van der Waals surface area (Å²) >= 11 is 5.96. The maximum atomic E-state index is 12.6. The molecule has 0 saturated carbocycles. The highest BCUT2D eigenvalue weighted by Gasteiger charge is 2.27. The Kier molecular flexibility index (Phi) is 6.12. The Morgan fingerprint density at radius 2 is 2.17 bits per heavy atom. The maximum absolute atomic E-state index is 12.6. The van der Waals surface area contributed by atoms with Crippen molar-refractivity contribution < 1.29 is 21.9 Å². The zero-order chi connectivity index (χ0) is 17.0. The van der Waals surface area contributed by atoms with Gasteiger partial charge in [-0.2, -0.15) is 0 Å². The summed E-state index contributed by atoms with van der Waals surface area (Å²) in [6, 6.07) is 1.17. The third-order valence-corrected chi connectivity index (χ3v) is 4.72. The first-order valence-electron chi connectivity index (χ1n) is 7.02. The lowest BCUT2D eigenvalue weighted by Crippen LogP contribution is -2.31. The second-order valence-corrected chi connectivity index (χ2v) is 7.43. The summed E-state index contributed by atoms with van der Waals surface area (Å²) < 4.78 is 53.2. The van der Waals surface area contributed by atoms with Crippen molar-refractivity contribution in [2.75, 3.05) is 33.0 Å². The van der Waals surface area contributed by atoms with Gasteiger partial charge < -0.3 is 4.74 Å². The molecule has 0 bridgehead atoms. The van der Waals surface area contributed by atoms with E-state index in [0.717, 1.165) is 6.20 Å². The Balaban J connectivity index is 1.96. The van der Waals surface area contributed by atoms with Crippen molar-refractivity contribution in [3.8, 4) is 5.88 Å². The first-order chi connectivity index (χ1) is 10.8. The standard InChI is InChI=1S/C13H18ClF2N3O3S/c14-12-3-11(23(17,20)21)6-18-13(12)22-10-1-2-19(8-10)7-9(4-15)5-16/h3,6,9-10H,1-2,4-5,7-8H2,(H2,17,20,21). The number of sulfonamides is 1. The van der Waals surface area contributed by atoms with E-state index in [9.17, 15) is 17.2 Å². The molecule has 2 heterocycles. The number of rotatable bonds is 7. The van der Waals surface area contributed by atoms with Crippen molar-refractivity contribution in [3.05, 3.63) is 17.3 Å². The normalized spacial score (nSPS) is 19.4. The van der Waals surface area contributed by atoms with Gasteiger partial charge in [-0.25, -0.2) is 18.5 Å². The predicted octanol–water partition coefficient (Wildman–Crippen LogP) is 1.39. The molecule has 23 heavy (non-hydrogen) atoms. The minimum atomic E-state index is -3.88. The number of halogens is 3. The van der Waals surface area contributed by atoms with Gasteiger partial charge in [-0.1, -0.05) is 11.6 Å². The Morgan fingerprint density at radius 3 is 2.74 bits per heavy atom. The number of pyridine rings is 1. The number of primary sulfonamides is 1. The molecule has 1 atom stereocenters. The van der Waals surface area contributed by atoms with Crippen LogP contribution < -0.4 is 9.88 Å². The topological polar surface area (TPSA) is 85.5 Å². The quantitative estimate of drug-likeness (QED) is 0.785. The molecule has 1 aromatic rings. The highest BCUT2D eigenvalue weighted by atomic mass is 35.5. The van der Waals surface area contributed by atoms with Crippen LogP contribution in [0.5, 0.6) is 5.88 Å². The number of likely N-dealkylation sites (tertiary alicyclic amines) is 1. The van der Waals surface area contributed by atoms with Gasteiger partial charge in [0.1, 0.15) is 16.0 Å². The number of hydrogen-bond acceptors (Lipinski definition) is 5. The Hall–Kier alpha value is -1.03. The second kappa shape index (κ2) is 7.69. The molecule has 2 N–H and O–H groups in total. The molecule has 1 unspecified atom stereocenters. The van der Waals surface area contributed by atoms with Gasteiger partial charge in [0.05, 0.1) is 19.5 Å². The summed E-state index contributed by atoms with van der Waals surface area (Å²) in [7, 11) is -3.88. The van der Waals surface area contributed by atoms with E-state index in [-0.39, 0.29) is 21.9 Å². The van der Waals surface area contributed by atoms with Gasteiger partial charge >= 0.3 is 0 Å². The van der Waals surface area contributed by atoms with Gasteiger partial charge in [0.25, 0.3) is 0 Å². The molecule has 0 radical (unpaired) electrons. The monoisotopic (exact) mass is 369 g/mol. The van der Waals surface area contributed by atoms with Crippen LogP contribution in [-0.2, 0) is 10.0 Å². The number of hydrogen-bond donors (Lipinski definition) is 1. The van der Waals surface area contributed by atoms with E-state index < -0.39 is 29.3 Å². The van der Waals surface area contributed by atoms with Crippen molar-refractivity contribution in [3.63, 3.8) is 0 Å². The zero-order valence-electron chi connectivity index (χ0n) is 12.3. The summed E-state index contributed by atoms with van der Waals surface area (Å²) in [5.74, 6) is -0.511. The van der Waals surface area contributed by atoms with Crippen LogP contribution >= 0.6 is 11.6 Å². The highest BCUT2D eigenvalue weighted by molar-refractivity contribution is 7.89. The fourth-order valence-corrected chi connectivity index (χ4v) is 3.13. The molecule has 1 aromatic heterocycles. The summed E-state index contributed by atoms with van der Waals surface area (Å²) in [5, 5.41) is 5.04. The number of ether oxygens (including phenoxy) is 1. The first-order valence-corrected chi connectivity index (χ1v) is 8.95. The molecule has 1 fully saturated rings. The van der Waals surface area contributed by atoms with E-state index in [0.29, 0.717) is 26.1 Å². The molecule has 130 valence electrons. The van der Waals surface area contributed by atoms with Crippen LogP contribution in [0.15, 0.2) is 17.2 Å². The van der Waals surface area contributed by atoms with Crippen LogP contribution in [0.4, 0.5) is 8.78 Å². The van der Waals surface area contributed by atoms with Gasteiger partial charge in [0.15, 0.2) is 0 Å². The molecule has 0 amide bonds. The number of aromatic nitrogens is 1. The van der Waals surface area contributed by atoms with Crippen LogP contribution in [0.3, 0.4) is 0 Å². The van der Waals surface area contributed by atoms with E-state index in [1.54, 1.807) is 0 Å². The summed E-state index contributed by atoms with van der Waals surface area (Å²) in [4.78, 5) is 5.59. The second-order valence-electron chi connectivity index (χ2n) is 5.47. The fraction of sp³-hybridized carbons (Fsp3) is 0.615. The molecule has 10 heteroatoms. The lowest BCUT2D eigenvalue weighted by molar-refractivity contribution is 0.169. The smallest absolute Gasteiger partial charge is 0.239 e. The van der Waals surface area contributed by atoms with Crippen LogP contribution in [0, 0.1) is 5.92 Å². The highest BCUT2D eigenvalue weighted by Crippen LogP contribution is 2.27. The molecule has 1 aliphatic rings. The van der Waals surface area contributed by atoms with E-state index >= 15 is 0 Å². The van der Waals surface area contributed by atoms with E-state index in [4.69, 9.17) is 21.5 Å². The predicted molar refractivity (Wildman–Crippen MR) is 81.5 cm³/mol. The Labute approximate surface area is 138 Å². The number of nitrogens with zero attached hydrogens (tertiary/aromatic N) is 2. The van der Waals surface area contributed by atoms with E-state index in [1.807, 2.05) is 4.90 Å². The van der Waals surface area contributed by atoms with Gasteiger partial charge in [0.2, 0.25) is 15.9 Å². The first kappa shape index (κ1) is 18.3. The Morgan fingerprint density at radius 1 is 1.48 bits per heavy atom. The fourth-order valence-electron chi connectivity index (χ4n) is 2.37. The zero-order valence-corrected chi connectivity index (χ0v) is 13.9. The van der Waals surface area contributed by atoms with Crippen LogP contribution in [0.1, 0.15) is 6.42 Å². The maximum Gasteiger partial charge on any atom is 0.239 e. The lowest BCUT2D eigenvalue weighted by Gasteiger charge is -2.20. The summed E-state index contributed by atoms with van der Waals surface area (Å²) in [5.41, 5.74) is 0. The van der Waals surface area contributed by atoms with E-state index in [1.165, 1.54) is 6.07 Å². The number of alkyl halides is 2. The van der Waals surface area contributed by atoms with Gasteiger partial charge in [-0.05, 0) is 12.5 Å².